The van der Waals surface area contributed by atoms with E-state index in [0.29, 0.717) is 11.2 Å². The van der Waals surface area contributed by atoms with Gasteiger partial charge in [-0.1, -0.05) is 6.42 Å². The first-order chi connectivity index (χ1) is 8.34. The normalized spacial score (nSPS) is 26.7. The fraction of sp³-hybridized carbons (Fsp3) is 0.923. The monoisotopic (exact) mass is 256 g/mol. The molecule has 1 unspecified atom stereocenters. The number of hydrogen-bond donors (Lipinski definition) is 2. The summed E-state index contributed by atoms with van der Waals surface area (Å²) in [5.41, 5.74) is 0. The summed E-state index contributed by atoms with van der Waals surface area (Å²) in [4.78, 5) is 11.8. The number of carbonyl (C=O) groups is 1. The van der Waals surface area contributed by atoms with Crippen LogP contribution in [0.1, 0.15) is 38.5 Å². The first kappa shape index (κ1) is 13.2. The molecule has 0 aromatic carbocycles. The topological polar surface area (TPSA) is 41.1 Å². The van der Waals surface area contributed by atoms with Crippen LogP contribution in [0.3, 0.4) is 0 Å². The molecule has 2 saturated heterocycles. The van der Waals surface area contributed by atoms with Crippen LogP contribution in [0.5, 0.6) is 0 Å². The van der Waals surface area contributed by atoms with Gasteiger partial charge in [-0.15, -0.1) is 0 Å². The molecule has 0 radical (unpaired) electrons. The van der Waals surface area contributed by atoms with E-state index >= 15 is 0 Å². The van der Waals surface area contributed by atoms with Gasteiger partial charge in [-0.25, -0.2) is 0 Å². The molecule has 0 aliphatic carbocycles. The molecule has 3 nitrogen and oxygen atoms in total. The van der Waals surface area contributed by atoms with Crippen LogP contribution in [0.2, 0.25) is 0 Å². The molecule has 0 aromatic heterocycles. The lowest BCUT2D eigenvalue weighted by Gasteiger charge is -2.24. The SMILES string of the molecule is O=C(CC1CCNCC1)NCC1CCCCS1. The number of piperidine rings is 1. The van der Waals surface area contributed by atoms with E-state index in [0.717, 1.165) is 38.9 Å². The highest BCUT2D eigenvalue weighted by Crippen LogP contribution is 2.24. The van der Waals surface area contributed by atoms with Gasteiger partial charge >= 0.3 is 0 Å². The van der Waals surface area contributed by atoms with Gasteiger partial charge in [0.15, 0.2) is 0 Å². The molecule has 0 spiro atoms. The van der Waals surface area contributed by atoms with Crippen molar-refractivity contribution in [1.29, 1.82) is 0 Å². The Balaban J connectivity index is 1.59. The fourth-order valence-corrected chi connectivity index (χ4v) is 3.85. The van der Waals surface area contributed by atoms with Crippen LogP contribution in [0.15, 0.2) is 0 Å². The van der Waals surface area contributed by atoms with E-state index in [9.17, 15) is 4.79 Å². The van der Waals surface area contributed by atoms with Gasteiger partial charge in [0.1, 0.15) is 0 Å². The largest absolute Gasteiger partial charge is 0.355 e. The maximum atomic E-state index is 11.8. The number of amides is 1. The Bertz CT molecular complexity index is 236. The second kappa shape index (κ2) is 7.27. The molecule has 4 heteroatoms. The van der Waals surface area contributed by atoms with Crippen LogP contribution in [-0.2, 0) is 4.79 Å². The predicted molar refractivity (Wildman–Crippen MR) is 73.3 cm³/mol. The van der Waals surface area contributed by atoms with Gasteiger partial charge < -0.3 is 10.6 Å². The molecule has 17 heavy (non-hydrogen) atoms. The molecule has 2 fully saturated rings. The second-order valence-corrected chi connectivity index (χ2v) is 6.60. The van der Waals surface area contributed by atoms with Crippen molar-refractivity contribution in [3.05, 3.63) is 0 Å². The summed E-state index contributed by atoms with van der Waals surface area (Å²) in [5.74, 6) is 2.15. The van der Waals surface area contributed by atoms with Crippen LogP contribution >= 0.6 is 11.8 Å². The van der Waals surface area contributed by atoms with Crippen molar-refractivity contribution >= 4 is 17.7 Å². The lowest BCUT2D eigenvalue weighted by atomic mass is 9.94. The van der Waals surface area contributed by atoms with Crippen molar-refractivity contribution in [2.24, 2.45) is 5.92 Å². The van der Waals surface area contributed by atoms with E-state index in [4.69, 9.17) is 0 Å². The van der Waals surface area contributed by atoms with Crippen LogP contribution in [0.4, 0.5) is 0 Å². The van der Waals surface area contributed by atoms with Gasteiger partial charge in [-0.05, 0) is 50.4 Å². The maximum Gasteiger partial charge on any atom is 0.220 e. The minimum atomic E-state index is 0.267. The number of carbonyl (C=O) groups excluding carboxylic acids is 1. The van der Waals surface area contributed by atoms with Crippen molar-refractivity contribution in [2.45, 2.75) is 43.8 Å². The van der Waals surface area contributed by atoms with Crippen molar-refractivity contribution in [2.75, 3.05) is 25.4 Å². The van der Waals surface area contributed by atoms with Crippen molar-refractivity contribution < 1.29 is 4.79 Å². The van der Waals surface area contributed by atoms with Gasteiger partial charge in [0.25, 0.3) is 0 Å². The standard InChI is InChI=1S/C13H24N2OS/c16-13(9-11-4-6-14-7-5-11)15-10-12-3-1-2-8-17-12/h11-12,14H,1-10H2,(H,15,16). The van der Waals surface area contributed by atoms with Gasteiger partial charge in [-0.3, -0.25) is 4.79 Å². The smallest absolute Gasteiger partial charge is 0.220 e. The molecule has 2 aliphatic rings. The summed E-state index contributed by atoms with van der Waals surface area (Å²) < 4.78 is 0. The highest BCUT2D eigenvalue weighted by molar-refractivity contribution is 7.99. The molecule has 0 bridgehead atoms. The third-order valence-corrected chi connectivity index (χ3v) is 5.13. The number of hydrogen-bond acceptors (Lipinski definition) is 3. The quantitative estimate of drug-likeness (QED) is 0.805. The molecular formula is C13H24N2OS. The van der Waals surface area contributed by atoms with Gasteiger partial charge in [0.2, 0.25) is 5.91 Å². The molecule has 0 aromatic rings. The van der Waals surface area contributed by atoms with E-state index in [2.05, 4.69) is 10.6 Å². The van der Waals surface area contributed by atoms with E-state index in [1.54, 1.807) is 0 Å². The summed E-state index contributed by atoms with van der Waals surface area (Å²) in [6.07, 6.45) is 7.01. The highest BCUT2D eigenvalue weighted by atomic mass is 32.2. The number of rotatable bonds is 4. The Morgan fingerprint density at radius 2 is 2.06 bits per heavy atom. The number of thioether (sulfide) groups is 1. The van der Waals surface area contributed by atoms with Crippen LogP contribution in [0.25, 0.3) is 0 Å². The first-order valence-corrected chi connectivity index (χ1v) is 7.98. The van der Waals surface area contributed by atoms with Crippen LogP contribution in [-0.4, -0.2) is 36.5 Å². The minimum Gasteiger partial charge on any atom is -0.355 e. The zero-order chi connectivity index (χ0) is 11.9. The molecule has 0 saturated carbocycles. The summed E-state index contributed by atoms with van der Waals surface area (Å²) in [6, 6.07) is 0. The Morgan fingerprint density at radius 3 is 2.76 bits per heavy atom. The lowest BCUT2D eigenvalue weighted by molar-refractivity contribution is -0.122. The van der Waals surface area contributed by atoms with Crippen LogP contribution < -0.4 is 10.6 Å². The van der Waals surface area contributed by atoms with Gasteiger partial charge in [0, 0.05) is 18.2 Å². The van der Waals surface area contributed by atoms with E-state index in [1.165, 1.54) is 25.0 Å². The van der Waals surface area contributed by atoms with Crippen molar-refractivity contribution in [3.63, 3.8) is 0 Å². The summed E-state index contributed by atoms with van der Waals surface area (Å²) >= 11 is 2.03. The molecule has 2 rings (SSSR count). The Morgan fingerprint density at radius 1 is 1.24 bits per heavy atom. The average Bonchev–Trinajstić information content (AvgIpc) is 2.39. The molecule has 2 heterocycles. The summed E-state index contributed by atoms with van der Waals surface area (Å²) in [5, 5.41) is 7.12. The van der Waals surface area contributed by atoms with Gasteiger partial charge in [-0.2, -0.15) is 11.8 Å². The van der Waals surface area contributed by atoms with E-state index < -0.39 is 0 Å². The zero-order valence-electron chi connectivity index (χ0n) is 10.5. The average molecular weight is 256 g/mol. The maximum absolute atomic E-state index is 11.8. The predicted octanol–water partition coefficient (Wildman–Crippen LogP) is 1.78. The molecule has 2 N–H and O–H groups in total. The number of nitrogens with one attached hydrogen (secondary N) is 2. The third-order valence-electron chi connectivity index (χ3n) is 3.73. The lowest BCUT2D eigenvalue weighted by Crippen LogP contribution is -2.35. The molecule has 1 atom stereocenters. The second-order valence-electron chi connectivity index (χ2n) is 5.19. The first-order valence-electron chi connectivity index (χ1n) is 6.93. The van der Waals surface area contributed by atoms with Crippen molar-refractivity contribution in [1.82, 2.24) is 10.6 Å². The van der Waals surface area contributed by atoms with E-state index in [1.807, 2.05) is 11.8 Å². The Hall–Kier alpha value is -0.220. The van der Waals surface area contributed by atoms with Crippen molar-refractivity contribution in [3.8, 4) is 0 Å². The zero-order valence-corrected chi connectivity index (χ0v) is 11.4. The molecule has 1 amide bonds. The summed E-state index contributed by atoms with van der Waals surface area (Å²) in [7, 11) is 0. The highest BCUT2D eigenvalue weighted by Gasteiger charge is 2.18. The Kier molecular flexibility index (Phi) is 5.65. The Labute approximate surface area is 108 Å². The van der Waals surface area contributed by atoms with E-state index in [-0.39, 0.29) is 5.91 Å². The minimum absolute atomic E-state index is 0.267. The molecular weight excluding hydrogens is 232 g/mol. The van der Waals surface area contributed by atoms with Gasteiger partial charge in [0.05, 0.1) is 0 Å². The van der Waals surface area contributed by atoms with Crippen LogP contribution in [0, 0.1) is 5.92 Å². The fourth-order valence-electron chi connectivity index (χ4n) is 2.62. The summed E-state index contributed by atoms with van der Waals surface area (Å²) in [6.45, 7) is 3.04. The third kappa shape index (κ3) is 4.88. The molecule has 2 aliphatic heterocycles. The molecule has 98 valence electrons.